The van der Waals surface area contributed by atoms with Crippen LogP contribution in [0.25, 0.3) is 83.9 Å². The second kappa shape index (κ2) is 14.4. The molecular formula is C48H27F6N5. The summed E-state index contributed by atoms with van der Waals surface area (Å²) in [7, 11) is 0. The molecule has 2 heterocycles. The fourth-order valence-electron chi connectivity index (χ4n) is 7.41. The first-order chi connectivity index (χ1) is 28.5. The van der Waals surface area contributed by atoms with E-state index < -0.39 is 29.0 Å². The fraction of sp³-hybridized carbons (Fsp3) is 0.0417. The first-order valence-electron chi connectivity index (χ1n) is 18.3. The van der Waals surface area contributed by atoms with Crippen LogP contribution in [0.4, 0.5) is 26.3 Å². The lowest BCUT2D eigenvalue weighted by atomic mass is 9.92. The van der Waals surface area contributed by atoms with Crippen LogP contribution in [-0.4, -0.2) is 19.5 Å². The number of rotatable bonds is 6. The predicted molar refractivity (Wildman–Crippen MR) is 216 cm³/mol. The molecule has 0 saturated heterocycles. The van der Waals surface area contributed by atoms with Crippen LogP contribution in [0.5, 0.6) is 0 Å². The van der Waals surface area contributed by atoms with E-state index >= 15 is 0 Å². The van der Waals surface area contributed by atoms with Gasteiger partial charge in [0.2, 0.25) is 0 Å². The minimum atomic E-state index is -5.15. The number of alkyl halides is 6. The van der Waals surface area contributed by atoms with Gasteiger partial charge in [0.1, 0.15) is 0 Å². The summed E-state index contributed by atoms with van der Waals surface area (Å²) in [6.45, 7) is 0. The van der Waals surface area contributed by atoms with Gasteiger partial charge in [0.05, 0.1) is 33.8 Å². The Balaban J connectivity index is 1.36. The van der Waals surface area contributed by atoms with E-state index in [0.29, 0.717) is 28.4 Å². The summed E-state index contributed by atoms with van der Waals surface area (Å²) < 4.78 is 88.2. The van der Waals surface area contributed by atoms with Gasteiger partial charge in [-0.2, -0.15) is 31.6 Å². The molecule has 0 aliphatic carbocycles. The van der Waals surface area contributed by atoms with E-state index in [-0.39, 0.29) is 34.7 Å². The lowest BCUT2D eigenvalue weighted by Crippen LogP contribution is -2.12. The molecule has 0 unspecified atom stereocenters. The van der Waals surface area contributed by atoms with Gasteiger partial charge < -0.3 is 4.57 Å². The van der Waals surface area contributed by atoms with Crippen molar-refractivity contribution in [3.8, 4) is 68.2 Å². The summed E-state index contributed by atoms with van der Waals surface area (Å²) >= 11 is 0. The van der Waals surface area contributed by atoms with Crippen molar-refractivity contribution in [3.05, 3.63) is 180 Å². The van der Waals surface area contributed by atoms with Gasteiger partial charge in [-0.3, -0.25) is 0 Å². The summed E-state index contributed by atoms with van der Waals surface area (Å²) in [4.78, 5) is 14.4. The molecule has 286 valence electrons. The predicted octanol–water partition coefficient (Wildman–Crippen LogP) is 13.2. The molecule has 59 heavy (non-hydrogen) atoms. The number of hydrogen-bond donors (Lipinski definition) is 0. The number of para-hydroxylation sites is 1. The van der Waals surface area contributed by atoms with Gasteiger partial charge in [0, 0.05) is 33.2 Å². The highest BCUT2D eigenvalue weighted by Crippen LogP contribution is 2.45. The average Bonchev–Trinajstić information content (AvgIpc) is 3.59. The zero-order valence-corrected chi connectivity index (χ0v) is 30.6. The Hall–Kier alpha value is -7.58. The zero-order valence-electron chi connectivity index (χ0n) is 30.6. The van der Waals surface area contributed by atoms with E-state index in [2.05, 4.69) is 6.07 Å². The zero-order chi connectivity index (χ0) is 40.9. The minimum absolute atomic E-state index is 0.0114. The number of benzene rings is 7. The number of halogens is 6. The van der Waals surface area contributed by atoms with Crippen molar-refractivity contribution >= 4 is 21.8 Å². The number of aromatic nitrogens is 4. The molecular weight excluding hydrogens is 761 g/mol. The quantitative estimate of drug-likeness (QED) is 0.157. The molecule has 0 atom stereocenters. The Morgan fingerprint density at radius 3 is 1.69 bits per heavy atom. The molecule has 0 aliphatic heterocycles. The van der Waals surface area contributed by atoms with Crippen molar-refractivity contribution in [2.24, 2.45) is 0 Å². The fourth-order valence-corrected chi connectivity index (χ4v) is 7.41. The maximum Gasteiger partial charge on any atom is 0.417 e. The highest BCUT2D eigenvalue weighted by Gasteiger charge is 2.39. The van der Waals surface area contributed by atoms with Crippen LogP contribution in [0.1, 0.15) is 16.7 Å². The van der Waals surface area contributed by atoms with Crippen molar-refractivity contribution in [2.45, 2.75) is 12.4 Å². The van der Waals surface area contributed by atoms with Crippen LogP contribution in [-0.2, 0) is 12.4 Å². The third-order valence-electron chi connectivity index (χ3n) is 10.1. The highest BCUT2D eigenvalue weighted by atomic mass is 19.4. The van der Waals surface area contributed by atoms with Crippen LogP contribution < -0.4 is 0 Å². The Bertz CT molecular complexity index is 3030. The van der Waals surface area contributed by atoms with Crippen molar-refractivity contribution in [2.75, 3.05) is 0 Å². The number of hydrogen-bond acceptors (Lipinski definition) is 4. The lowest BCUT2D eigenvalue weighted by Gasteiger charge is -2.19. The second-order valence-corrected chi connectivity index (χ2v) is 13.8. The van der Waals surface area contributed by atoms with E-state index in [1.54, 1.807) is 78.9 Å². The molecule has 11 heteroatoms. The van der Waals surface area contributed by atoms with Crippen molar-refractivity contribution < 1.29 is 26.3 Å². The summed E-state index contributed by atoms with van der Waals surface area (Å²) in [6.07, 6.45) is -10.2. The van der Waals surface area contributed by atoms with Crippen LogP contribution in [0.3, 0.4) is 0 Å². The summed E-state index contributed by atoms with van der Waals surface area (Å²) in [5, 5.41) is 11.4. The molecule has 0 saturated carbocycles. The molecule has 5 nitrogen and oxygen atoms in total. The first kappa shape index (κ1) is 37.0. The van der Waals surface area contributed by atoms with E-state index in [0.717, 1.165) is 39.0 Å². The Morgan fingerprint density at radius 1 is 0.441 bits per heavy atom. The Kier molecular flexibility index (Phi) is 9.05. The third-order valence-corrected chi connectivity index (χ3v) is 10.1. The topological polar surface area (TPSA) is 67.4 Å². The lowest BCUT2D eigenvalue weighted by molar-refractivity contribution is -0.142. The normalized spacial score (nSPS) is 11.9. The van der Waals surface area contributed by atoms with Crippen LogP contribution in [0, 0.1) is 11.3 Å². The van der Waals surface area contributed by atoms with Gasteiger partial charge in [0.15, 0.2) is 17.5 Å². The van der Waals surface area contributed by atoms with Gasteiger partial charge in [-0.25, -0.2) is 15.0 Å². The van der Waals surface area contributed by atoms with Gasteiger partial charge in [-0.05, 0) is 70.8 Å². The first-order valence-corrected chi connectivity index (χ1v) is 18.3. The SMILES string of the molecule is N#Cc1cccc(-c2ccc3c4ccccc4n(-c4ccc(-c5ccc(C(F)(F)F)cc5C(F)(F)F)c(-c5nc(-c6ccccc6)nc(-c6ccccc6)n5)c4)c3c2)c1. The summed E-state index contributed by atoms with van der Waals surface area (Å²) in [5.41, 5.74) is 2.20. The van der Waals surface area contributed by atoms with Crippen molar-refractivity contribution in [3.63, 3.8) is 0 Å². The molecule has 0 N–H and O–H groups in total. The third kappa shape index (κ3) is 6.95. The standard InChI is InChI=1S/C48H27F6N5/c49-47(50,51)34-19-22-37(41(26-34)48(52,53)54)36-23-20-35(27-40(36)46-57-44(30-11-3-1-4-12-30)56-45(58-46)31-13-5-2-6-14-31)59-42-17-8-7-16-38(42)39-21-18-33(25-43(39)59)32-15-9-10-29(24-32)28-55/h1-27H. The van der Waals surface area contributed by atoms with E-state index in [9.17, 15) is 31.6 Å². The number of fused-ring (bicyclic) bond motifs is 3. The molecule has 7 aromatic carbocycles. The molecule has 0 aliphatic rings. The molecule has 0 fully saturated rings. The Labute approximate surface area is 333 Å². The molecule has 9 rings (SSSR count). The van der Waals surface area contributed by atoms with E-state index in [1.165, 1.54) is 6.07 Å². The number of nitrogens with zero attached hydrogens (tertiary/aromatic N) is 5. The highest BCUT2D eigenvalue weighted by molar-refractivity contribution is 6.10. The molecule has 0 spiro atoms. The van der Waals surface area contributed by atoms with Gasteiger partial charge in [-0.15, -0.1) is 0 Å². The number of nitriles is 1. The monoisotopic (exact) mass is 787 g/mol. The Morgan fingerprint density at radius 2 is 1.03 bits per heavy atom. The summed E-state index contributed by atoms with van der Waals surface area (Å²) in [6, 6.07) is 47.5. The van der Waals surface area contributed by atoms with Crippen LogP contribution >= 0.6 is 0 Å². The molecule has 9 aromatic rings. The maximum absolute atomic E-state index is 14.9. The van der Waals surface area contributed by atoms with Gasteiger partial charge >= 0.3 is 12.4 Å². The van der Waals surface area contributed by atoms with Crippen LogP contribution in [0.15, 0.2) is 164 Å². The summed E-state index contributed by atoms with van der Waals surface area (Å²) in [5.74, 6) is 0.503. The maximum atomic E-state index is 14.9. The molecule has 2 aromatic heterocycles. The molecule has 0 radical (unpaired) electrons. The van der Waals surface area contributed by atoms with Crippen molar-refractivity contribution in [1.29, 1.82) is 5.26 Å². The average molecular weight is 788 g/mol. The second-order valence-electron chi connectivity index (χ2n) is 13.8. The smallest absolute Gasteiger partial charge is 0.309 e. The van der Waals surface area contributed by atoms with E-state index in [1.807, 2.05) is 65.2 Å². The van der Waals surface area contributed by atoms with Crippen LogP contribution in [0.2, 0.25) is 0 Å². The molecule has 0 bridgehead atoms. The van der Waals surface area contributed by atoms with Gasteiger partial charge in [0.25, 0.3) is 0 Å². The van der Waals surface area contributed by atoms with Gasteiger partial charge in [-0.1, -0.05) is 115 Å². The van der Waals surface area contributed by atoms with Crippen molar-refractivity contribution in [1.82, 2.24) is 19.5 Å². The largest absolute Gasteiger partial charge is 0.417 e. The molecule has 0 amide bonds. The minimum Gasteiger partial charge on any atom is -0.309 e. The van der Waals surface area contributed by atoms with E-state index in [4.69, 9.17) is 15.0 Å².